The standard InChI is InChI=1S/C11H12N4S4/c1-16-6-4-3-5-7(8(6)9(12)13)18-11-15-14-10(17-2)19-11/h3-5H,1-2H3,(H3,12,13). The Morgan fingerprint density at radius 1 is 1.16 bits per heavy atom. The maximum Gasteiger partial charge on any atom is 0.179 e. The number of nitrogen functional groups attached to an aromatic ring is 1. The lowest BCUT2D eigenvalue weighted by atomic mass is 10.2. The molecule has 0 aliphatic rings. The lowest BCUT2D eigenvalue weighted by Gasteiger charge is -2.10. The van der Waals surface area contributed by atoms with Crippen LogP contribution in [0.5, 0.6) is 0 Å². The van der Waals surface area contributed by atoms with Gasteiger partial charge in [-0.2, -0.15) is 0 Å². The number of hydrogen-bond acceptors (Lipinski definition) is 7. The van der Waals surface area contributed by atoms with Crippen LogP contribution >= 0.6 is 46.6 Å². The zero-order valence-electron chi connectivity index (χ0n) is 10.3. The van der Waals surface area contributed by atoms with E-state index in [0.29, 0.717) is 0 Å². The molecule has 2 aromatic rings. The van der Waals surface area contributed by atoms with Crippen LogP contribution in [0.1, 0.15) is 5.56 Å². The first-order valence-corrected chi connectivity index (χ1v) is 9.30. The summed E-state index contributed by atoms with van der Waals surface area (Å²) < 4.78 is 1.80. The first kappa shape index (κ1) is 14.7. The van der Waals surface area contributed by atoms with Crippen molar-refractivity contribution in [2.24, 2.45) is 5.73 Å². The number of nitrogens with one attached hydrogen (secondary N) is 1. The van der Waals surface area contributed by atoms with Crippen molar-refractivity contribution in [3.05, 3.63) is 23.8 Å². The van der Waals surface area contributed by atoms with Gasteiger partial charge in [0.05, 0.1) is 0 Å². The van der Waals surface area contributed by atoms with Crippen LogP contribution in [0.15, 0.2) is 36.7 Å². The van der Waals surface area contributed by atoms with E-state index in [1.165, 1.54) is 11.8 Å². The van der Waals surface area contributed by atoms with Crippen LogP contribution in [-0.4, -0.2) is 28.5 Å². The van der Waals surface area contributed by atoms with Gasteiger partial charge in [0.1, 0.15) is 5.84 Å². The van der Waals surface area contributed by atoms with Crippen molar-refractivity contribution in [3.8, 4) is 0 Å². The molecule has 1 aromatic carbocycles. The highest BCUT2D eigenvalue weighted by atomic mass is 32.2. The third-order valence-electron chi connectivity index (χ3n) is 2.24. The largest absolute Gasteiger partial charge is 0.384 e. The van der Waals surface area contributed by atoms with E-state index in [9.17, 15) is 0 Å². The third kappa shape index (κ3) is 3.44. The van der Waals surface area contributed by atoms with Crippen LogP contribution in [-0.2, 0) is 0 Å². The minimum atomic E-state index is 0.0852. The number of rotatable bonds is 5. The van der Waals surface area contributed by atoms with Crippen LogP contribution in [0.3, 0.4) is 0 Å². The van der Waals surface area contributed by atoms with Gasteiger partial charge in [-0.25, -0.2) is 0 Å². The fourth-order valence-electron chi connectivity index (χ4n) is 1.45. The minimum absolute atomic E-state index is 0.0852. The average Bonchev–Trinajstić information content (AvgIpc) is 2.85. The Morgan fingerprint density at radius 3 is 2.42 bits per heavy atom. The molecule has 0 aliphatic carbocycles. The van der Waals surface area contributed by atoms with Crippen LogP contribution in [0.2, 0.25) is 0 Å². The summed E-state index contributed by atoms with van der Waals surface area (Å²) in [5.74, 6) is 0.0852. The summed E-state index contributed by atoms with van der Waals surface area (Å²) in [5.41, 5.74) is 6.47. The van der Waals surface area contributed by atoms with Gasteiger partial charge in [-0.1, -0.05) is 40.9 Å². The Labute approximate surface area is 128 Å². The van der Waals surface area contributed by atoms with Crippen LogP contribution in [0.4, 0.5) is 0 Å². The summed E-state index contributed by atoms with van der Waals surface area (Å²) in [7, 11) is 0. The van der Waals surface area contributed by atoms with Crippen molar-refractivity contribution in [3.63, 3.8) is 0 Å². The molecule has 0 radical (unpaired) electrons. The van der Waals surface area contributed by atoms with Crippen molar-refractivity contribution in [2.75, 3.05) is 12.5 Å². The Morgan fingerprint density at radius 2 is 1.84 bits per heavy atom. The summed E-state index contributed by atoms with van der Waals surface area (Å²) in [6.07, 6.45) is 3.96. The smallest absolute Gasteiger partial charge is 0.179 e. The summed E-state index contributed by atoms with van der Waals surface area (Å²) >= 11 is 6.22. The molecule has 0 bridgehead atoms. The maximum absolute atomic E-state index is 7.74. The van der Waals surface area contributed by atoms with Gasteiger partial charge >= 0.3 is 0 Å². The number of nitrogens with zero attached hydrogens (tertiary/aromatic N) is 2. The number of hydrogen-bond donors (Lipinski definition) is 2. The Kier molecular flexibility index (Phi) is 5.14. The number of thioether (sulfide) groups is 2. The molecule has 0 aliphatic heterocycles. The minimum Gasteiger partial charge on any atom is -0.384 e. The Hall–Kier alpha value is -0.700. The van der Waals surface area contributed by atoms with Crippen molar-refractivity contribution < 1.29 is 0 Å². The molecule has 1 aromatic heterocycles. The van der Waals surface area contributed by atoms with E-state index < -0.39 is 0 Å². The zero-order valence-corrected chi connectivity index (χ0v) is 13.6. The second-order valence-corrected chi connectivity index (χ2v) is 7.56. The topological polar surface area (TPSA) is 75.7 Å². The fourth-order valence-corrected chi connectivity index (χ4v) is 4.72. The summed E-state index contributed by atoms with van der Waals surface area (Å²) in [4.78, 5) is 1.95. The van der Waals surface area contributed by atoms with Crippen molar-refractivity contribution in [2.45, 2.75) is 18.5 Å². The fraction of sp³-hybridized carbons (Fsp3) is 0.182. The first-order chi connectivity index (χ1) is 9.15. The van der Waals surface area contributed by atoms with Crippen LogP contribution in [0, 0.1) is 5.41 Å². The number of nitrogens with two attached hydrogens (primary N) is 1. The molecule has 0 saturated carbocycles. The predicted octanol–water partition coefficient (Wildman–Crippen LogP) is 3.42. The first-order valence-electron chi connectivity index (χ1n) is 5.22. The quantitative estimate of drug-likeness (QED) is 0.497. The summed E-state index contributed by atoms with van der Waals surface area (Å²) in [5, 5.41) is 15.9. The molecule has 0 amide bonds. The molecule has 0 atom stereocenters. The van der Waals surface area contributed by atoms with E-state index in [2.05, 4.69) is 10.2 Å². The van der Waals surface area contributed by atoms with E-state index in [1.54, 1.807) is 34.9 Å². The third-order valence-corrected chi connectivity index (χ3v) is 6.03. The van der Waals surface area contributed by atoms with Crippen LogP contribution in [0.25, 0.3) is 0 Å². The van der Waals surface area contributed by atoms with E-state index in [-0.39, 0.29) is 5.84 Å². The molecule has 4 nitrogen and oxygen atoms in total. The van der Waals surface area contributed by atoms with Gasteiger partial charge < -0.3 is 5.73 Å². The second kappa shape index (κ2) is 6.65. The molecule has 0 unspecified atom stereocenters. The summed E-state index contributed by atoms with van der Waals surface area (Å²) in [6, 6.07) is 5.90. The van der Waals surface area contributed by atoms with Gasteiger partial charge in [-0.3, -0.25) is 5.41 Å². The summed E-state index contributed by atoms with van der Waals surface area (Å²) in [6.45, 7) is 0. The second-order valence-electron chi connectivity index (χ2n) is 3.39. The predicted molar refractivity (Wildman–Crippen MR) is 85.1 cm³/mol. The van der Waals surface area contributed by atoms with Crippen LogP contribution < -0.4 is 5.73 Å². The zero-order chi connectivity index (χ0) is 13.8. The highest BCUT2D eigenvalue weighted by Crippen LogP contribution is 2.37. The normalized spacial score (nSPS) is 10.6. The lowest BCUT2D eigenvalue weighted by molar-refractivity contribution is 0.955. The SMILES string of the molecule is CSc1nnc(Sc2cccc(SC)c2C(=N)N)s1. The monoisotopic (exact) mass is 328 g/mol. The van der Waals surface area contributed by atoms with Gasteiger partial charge in [0.15, 0.2) is 8.68 Å². The van der Waals surface area contributed by atoms with E-state index in [4.69, 9.17) is 11.1 Å². The van der Waals surface area contributed by atoms with Gasteiger partial charge in [0.2, 0.25) is 0 Å². The molecule has 8 heteroatoms. The molecule has 0 fully saturated rings. The maximum atomic E-state index is 7.74. The molecule has 1 heterocycles. The molecule has 0 saturated heterocycles. The highest BCUT2D eigenvalue weighted by Gasteiger charge is 2.14. The molecule has 0 spiro atoms. The average molecular weight is 329 g/mol. The van der Waals surface area contributed by atoms with Crippen molar-refractivity contribution >= 4 is 52.5 Å². The number of amidine groups is 1. The molecular formula is C11H12N4S4. The number of aromatic nitrogens is 2. The molecule has 19 heavy (non-hydrogen) atoms. The van der Waals surface area contributed by atoms with E-state index >= 15 is 0 Å². The molecular weight excluding hydrogens is 316 g/mol. The van der Waals surface area contributed by atoms with Gasteiger partial charge in [-0.05, 0) is 24.6 Å². The highest BCUT2D eigenvalue weighted by molar-refractivity contribution is 8.03. The van der Waals surface area contributed by atoms with Crippen molar-refractivity contribution in [1.82, 2.24) is 10.2 Å². The van der Waals surface area contributed by atoms with E-state index in [1.807, 2.05) is 30.7 Å². The van der Waals surface area contributed by atoms with E-state index in [0.717, 1.165) is 24.0 Å². The lowest BCUT2D eigenvalue weighted by Crippen LogP contribution is -2.13. The number of benzene rings is 1. The van der Waals surface area contributed by atoms with Crippen molar-refractivity contribution in [1.29, 1.82) is 5.41 Å². The molecule has 2 rings (SSSR count). The van der Waals surface area contributed by atoms with Gasteiger partial charge in [0.25, 0.3) is 0 Å². The Bertz CT molecular complexity index is 596. The van der Waals surface area contributed by atoms with Gasteiger partial charge in [-0.15, -0.1) is 22.0 Å². The van der Waals surface area contributed by atoms with Gasteiger partial charge in [0, 0.05) is 15.4 Å². The molecule has 100 valence electrons. The Balaban J connectivity index is 2.36. The molecule has 3 N–H and O–H groups in total.